The van der Waals surface area contributed by atoms with Gasteiger partial charge in [-0.2, -0.15) is 0 Å². The van der Waals surface area contributed by atoms with Gasteiger partial charge in [-0.15, -0.1) is 0 Å². The van der Waals surface area contributed by atoms with E-state index in [9.17, 15) is 4.79 Å². The zero-order valence-electron chi connectivity index (χ0n) is 10.2. The van der Waals surface area contributed by atoms with Gasteiger partial charge in [0, 0.05) is 19.1 Å². The number of carbonyl (C=O) groups is 1. The summed E-state index contributed by atoms with van der Waals surface area (Å²) in [6.07, 6.45) is 1.03. The molecule has 17 heavy (non-hydrogen) atoms. The van der Waals surface area contributed by atoms with Crippen molar-refractivity contribution in [2.45, 2.75) is 32.3 Å². The first kappa shape index (κ1) is 14.5. The summed E-state index contributed by atoms with van der Waals surface area (Å²) in [5.41, 5.74) is 0.173. The Morgan fingerprint density at radius 2 is 2.00 bits per heavy atom. The third-order valence-electron chi connectivity index (χ3n) is 2.76. The molecule has 0 aliphatic rings. The third-order valence-corrected chi connectivity index (χ3v) is 3.58. The summed E-state index contributed by atoms with van der Waals surface area (Å²) in [4.78, 5) is 12.0. The minimum atomic E-state index is -0.305. The molecule has 1 aromatic carbocycles. The first-order chi connectivity index (χ1) is 7.87. The summed E-state index contributed by atoms with van der Waals surface area (Å²) in [6, 6.07) is 5.08. The van der Waals surface area contributed by atoms with Crippen LogP contribution in [-0.4, -0.2) is 18.5 Å². The highest BCUT2D eigenvalue weighted by Crippen LogP contribution is 2.27. The standard InChI is InChI=1S/C13H16Cl2O2/c1-13(2,17-3)8-7-11(16)9-5-4-6-10(14)12(9)15/h4-6H,7-8H2,1-3H3. The smallest absolute Gasteiger partial charge is 0.164 e. The number of ether oxygens (including phenoxy) is 1. The largest absolute Gasteiger partial charge is 0.379 e. The molecule has 1 aromatic rings. The van der Waals surface area contributed by atoms with Crippen molar-refractivity contribution in [3.63, 3.8) is 0 Å². The Bertz CT molecular complexity index is 414. The summed E-state index contributed by atoms with van der Waals surface area (Å²) < 4.78 is 5.27. The third kappa shape index (κ3) is 3.98. The average molecular weight is 275 g/mol. The number of rotatable bonds is 5. The second-order valence-corrected chi connectivity index (χ2v) is 5.27. The topological polar surface area (TPSA) is 26.3 Å². The first-order valence-electron chi connectivity index (χ1n) is 5.40. The highest BCUT2D eigenvalue weighted by Gasteiger charge is 2.20. The normalized spacial score (nSPS) is 11.6. The van der Waals surface area contributed by atoms with Crippen LogP contribution in [0.3, 0.4) is 0 Å². The SMILES string of the molecule is COC(C)(C)CCC(=O)c1cccc(Cl)c1Cl. The molecule has 94 valence electrons. The second kappa shape index (κ2) is 5.85. The second-order valence-electron chi connectivity index (χ2n) is 4.49. The summed E-state index contributed by atoms with van der Waals surface area (Å²) in [6.45, 7) is 3.89. The molecule has 1 rings (SSSR count). The maximum atomic E-state index is 12.0. The molecule has 0 atom stereocenters. The quantitative estimate of drug-likeness (QED) is 0.745. The molecule has 0 bridgehead atoms. The molecule has 0 saturated carbocycles. The Labute approximate surface area is 112 Å². The number of carbonyl (C=O) groups excluding carboxylic acids is 1. The molecule has 0 heterocycles. The number of hydrogen-bond donors (Lipinski definition) is 0. The van der Waals surface area contributed by atoms with Crippen molar-refractivity contribution in [2.75, 3.05) is 7.11 Å². The number of hydrogen-bond acceptors (Lipinski definition) is 2. The monoisotopic (exact) mass is 274 g/mol. The van der Waals surface area contributed by atoms with Gasteiger partial charge in [0.2, 0.25) is 0 Å². The minimum absolute atomic E-state index is 0.0115. The zero-order valence-corrected chi connectivity index (χ0v) is 11.7. The van der Waals surface area contributed by atoms with E-state index in [1.54, 1.807) is 25.3 Å². The first-order valence-corrected chi connectivity index (χ1v) is 6.15. The fraction of sp³-hybridized carbons (Fsp3) is 0.462. The van der Waals surface area contributed by atoms with Gasteiger partial charge in [-0.3, -0.25) is 4.79 Å². The number of methoxy groups -OCH3 is 1. The molecule has 0 spiro atoms. The maximum absolute atomic E-state index is 12.0. The molecule has 0 radical (unpaired) electrons. The molecule has 0 N–H and O–H groups in total. The van der Waals surface area contributed by atoms with Gasteiger partial charge in [0.05, 0.1) is 15.6 Å². The van der Waals surface area contributed by atoms with Crippen molar-refractivity contribution >= 4 is 29.0 Å². The molecule has 0 unspecified atom stereocenters. The van der Waals surface area contributed by atoms with Crippen LogP contribution in [0.15, 0.2) is 18.2 Å². The fourth-order valence-corrected chi connectivity index (χ4v) is 1.78. The van der Waals surface area contributed by atoms with Crippen molar-refractivity contribution < 1.29 is 9.53 Å². The summed E-state index contributed by atoms with van der Waals surface area (Å²) in [5.74, 6) is -0.0115. The lowest BCUT2D eigenvalue weighted by Gasteiger charge is -2.22. The van der Waals surface area contributed by atoms with Crippen LogP contribution in [0.1, 0.15) is 37.0 Å². The van der Waals surface area contributed by atoms with Gasteiger partial charge in [0.25, 0.3) is 0 Å². The molecule has 0 amide bonds. The lowest BCUT2D eigenvalue weighted by Crippen LogP contribution is -2.23. The zero-order chi connectivity index (χ0) is 13.1. The molecule has 2 nitrogen and oxygen atoms in total. The molecule has 0 fully saturated rings. The van der Waals surface area contributed by atoms with Gasteiger partial charge >= 0.3 is 0 Å². The molecule has 0 aliphatic carbocycles. The lowest BCUT2D eigenvalue weighted by molar-refractivity contribution is 0.0141. The molecular formula is C13H16Cl2O2. The molecular weight excluding hydrogens is 259 g/mol. The van der Waals surface area contributed by atoms with Crippen LogP contribution in [0.25, 0.3) is 0 Å². The number of ketones is 1. The van der Waals surface area contributed by atoms with Crippen LogP contribution in [0.2, 0.25) is 10.0 Å². The van der Waals surface area contributed by atoms with E-state index in [1.807, 2.05) is 13.8 Å². The van der Waals surface area contributed by atoms with E-state index in [-0.39, 0.29) is 11.4 Å². The van der Waals surface area contributed by atoms with Crippen LogP contribution < -0.4 is 0 Å². The Kier molecular flexibility index (Phi) is 4.99. The van der Waals surface area contributed by atoms with Gasteiger partial charge in [0.1, 0.15) is 0 Å². The fourth-order valence-electron chi connectivity index (χ4n) is 1.37. The van der Waals surface area contributed by atoms with Crippen LogP contribution in [-0.2, 0) is 4.74 Å². The summed E-state index contributed by atoms with van der Waals surface area (Å²) >= 11 is 11.9. The van der Waals surface area contributed by atoms with E-state index < -0.39 is 0 Å². The average Bonchev–Trinajstić information content (AvgIpc) is 2.30. The van der Waals surface area contributed by atoms with Crippen LogP contribution in [0.5, 0.6) is 0 Å². The van der Waals surface area contributed by atoms with E-state index in [0.717, 1.165) is 0 Å². The Balaban J connectivity index is 2.74. The molecule has 0 aliphatic heterocycles. The lowest BCUT2D eigenvalue weighted by atomic mass is 9.98. The highest BCUT2D eigenvalue weighted by atomic mass is 35.5. The molecule has 4 heteroatoms. The van der Waals surface area contributed by atoms with E-state index in [4.69, 9.17) is 27.9 Å². The Morgan fingerprint density at radius 1 is 1.35 bits per heavy atom. The van der Waals surface area contributed by atoms with Crippen LogP contribution in [0, 0.1) is 0 Å². The van der Waals surface area contributed by atoms with Crippen molar-refractivity contribution in [3.05, 3.63) is 33.8 Å². The van der Waals surface area contributed by atoms with E-state index in [2.05, 4.69) is 0 Å². The predicted octanol–water partition coefficient (Wildman–Crippen LogP) is 4.38. The van der Waals surface area contributed by atoms with Crippen LogP contribution >= 0.6 is 23.2 Å². The van der Waals surface area contributed by atoms with E-state index >= 15 is 0 Å². The Morgan fingerprint density at radius 3 is 2.59 bits per heavy atom. The molecule has 0 saturated heterocycles. The van der Waals surface area contributed by atoms with Crippen molar-refractivity contribution in [1.29, 1.82) is 0 Å². The van der Waals surface area contributed by atoms with Gasteiger partial charge in [-0.05, 0) is 32.4 Å². The van der Waals surface area contributed by atoms with E-state index in [0.29, 0.717) is 28.5 Å². The van der Waals surface area contributed by atoms with Crippen molar-refractivity contribution in [1.82, 2.24) is 0 Å². The predicted molar refractivity (Wildman–Crippen MR) is 71.1 cm³/mol. The molecule has 0 aromatic heterocycles. The van der Waals surface area contributed by atoms with E-state index in [1.165, 1.54) is 0 Å². The highest BCUT2D eigenvalue weighted by molar-refractivity contribution is 6.43. The summed E-state index contributed by atoms with van der Waals surface area (Å²) in [5, 5.41) is 0.734. The van der Waals surface area contributed by atoms with Gasteiger partial charge < -0.3 is 4.74 Å². The number of halogens is 2. The Hall–Kier alpha value is -0.570. The van der Waals surface area contributed by atoms with Crippen molar-refractivity contribution in [2.24, 2.45) is 0 Å². The number of Topliss-reactive ketones (excluding diaryl/α,β-unsaturated/α-hetero) is 1. The van der Waals surface area contributed by atoms with Crippen molar-refractivity contribution in [3.8, 4) is 0 Å². The maximum Gasteiger partial charge on any atom is 0.164 e. The van der Waals surface area contributed by atoms with Gasteiger partial charge in [0.15, 0.2) is 5.78 Å². The minimum Gasteiger partial charge on any atom is -0.379 e. The van der Waals surface area contributed by atoms with Gasteiger partial charge in [-0.1, -0.05) is 29.3 Å². The van der Waals surface area contributed by atoms with Gasteiger partial charge in [-0.25, -0.2) is 0 Å². The van der Waals surface area contributed by atoms with Crippen LogP contribution in [0.4, 0.5) is 0 Å². The summed E-state index contributed by atoms with van der Waals surface area (Å²) in [7, 11) is 1.64. The number of benzene rings is 1.